The minimum Gasteiger partial charge on any atom is -1.00 e. The van der Waals surface area contributed by atoms with Gasteiger partial charge in [-0.05, 0) is 31.2 Å². The third kappa shape index (κ3) is 12.2. The summed E-state index contributed by atoms with van der Waals surface area (Å²) in [4.78, 5) is 22.3. The Balaban J connectivity index is 0.000000672. The number of aldehydes is 1. The molecule has 5 heteroatoms. The number of alkyl carbamates (subject to hydrolysis) is 1. The Kier molecular flexibility index (Phi) is 12.9. The summed E-state index contributed by atoms with van der Waals surface area (Å²) in [5, 5.41) is 5.83. The number of hydrogen-bond acceptors (Lipinski definition) is 3. The van der Waals surface area contributed by atoms with Crippen LogP contribution in [-0.2, 0) is 16.1 Å². The van der Waals surface area contributed by atoms with Gasteiger partial charge in [0.25, 0.3) is 0 Å². The molecular weight excluding hydrogens is 365 g/mol. The van der Waals surface area contributed by atoms with Crippen molar-refractivity contribution in [2.24, 2.45) is 17.8 Å². The van der Waals surface area contributed by atoms with Crippen molar-refractivity contribution in [3.05, 3.63) is 35.9 Å². The second kappa shape index (κ2) is 14.7. The van der Waals surface area contributed by atoms with Crippen molar-refractivity contribution >= 4 is 27.6 Å². The molecule has 0 aliphatic heterocycles. The molecule has 0 radical (unpaired) electrons. The van der Waals surface area contributed by atoms with E-state index in [0.29, 0.717) is 0 Å². The number of carbonyl (C=O) groups is 2. The molecule has 2 rings (SSSR count). The Morgan fingerprint density at radius 2 is 1.68 bits per heavy atom. The number of ether oxygens (including phenoxy) is 1. The van der Waals surface area contributed by atoms with E-state index in [2.05, 4.69) is 33.0 Å². The number of amides is 1. The predicted octanol–water partition coefficient (Wildman–Crippen LogP) is 5.62. The fourth-order valence-corrected chi connectivity index (χ4v) is 4.62. The van der Waals surface area contributed by atoms with Gasteiger partial charge in [-0.3, -0.25) is 0 Å². The van der Waals surface area contributed by atoms with Gasteiger partial charge in [0, 0.05) is 12.0 Å². The molecule has 0 saturated heterocycles. The average Bonchev–Trinajstić information content (AvgIpc) is 2.68. The molecule has 0 unspecified atom stereocenters. The van der Waals surface area contributed by atoms with Gasteiger partial charge in [0.2, 0.25) is 0 Å². The first-order chi connectivity index (χ1) is 13.4. The second-order valence-electron chi connectivity index (χ2n) is 8.50. The quantitative estimate of drug-likeness (QED) is 0.453. The molecule has 0 heterocycles. The van der Waals surface area contributed by atoms with Crippen molar-refractivity contribution < 1.29 is 15.8 Å². The molecule has 1 fully saturated rings. The van der Waals surface area contributed by atoms with E-state index in [-0.39, 0.29) is 26.1 Å². The molecule has 0 bridgehead atoms. The van der Waals surface area contributed by atoms with Crippen molar-refractivity contribution in [1.29, 1.82) is 0 Å². The van der Waals surface area contributed by atoms with Gasteiger partial charge in [-0.25, -0.2) is 4.79 Å². The number of benzene rings is 1. The summed E-state index contributed by atoms with van der Waals surface area (Å²) >= 11 is 0.755. The van der Waals surface area contributed by atoms with E-state index in [1.165, 1.54) is 10.6 Å². The summed E-state index contributed by atoms with van der Waals surface area (Å²) in [5.74, 6) is 2.02. The minimum atomic E-state index is -0.376. The Bertz CT molecular complexity index is 538. The average molecular weight is 404 g/mol. The van der Waals surface area contributed by atoms with E-state index in [1.54, 1.807) is 0 Å². The van der Waals surface area contributed by atoms with E-state index in [0.717, 1.165) is 64.6 Å². The van der Waals surface area contributed by atoms with Gasteiger partial charge in [0.05, 0.1) is 0 Å². The molecule has 1 aromatic rings. The molecule has 28 heavy (non-hydrogen) atoms. The molecule has 156 valence electrons. The smallest absolute Gasteiger partial charge is 0.407 e. The van der Waals surface area contributed by atoms with Crippen LogP contribution in [0.15, 0.2) is 30.3 Å². The summed E-state index contributed by atoms with van der Waals surface area (Å²) in [5.41, 5.74) is 0.974. The van der Waals surface area contributed by atoms with Gasteiger partial charge < -0.3 is 16.3 Å². The normalized spacial score (nSPS) is 18.6. The van der Waals surface area contributed by atoms with Crippen molar-refractivity contribution in [2.75, 3.05) is 0 Å². The summed E-state index contributed by atoms with van der Waals surface area (Å²) in [6.45, 7) is 9.54. The van der Waals surface area contributed by atoms with E-state index < -0.39 is 0 Å². The van der Waals surface area contributed by atoms with Crippen molar-refractivity contribution in [3.8, 4) is 0 Å². The number of nitrogens with one attached hydrogen (secondary N) is 1. The van der Waals surface area contributed by atoms with Gasteiger partial charge in [-0.15, -0.1) is 0 Å². The molecule has 1 aromatic carbocycles. The van der Waals surface area contributed by atoms with E-state index in [9.17, 15) is 9.59 Å². The fraction of sp³-hybridized carbons (Fsp3) is 0.652. The van der Waals surface area contributed by atoms with Crippen molar-refractivity contribution in [2.45, 2.75) is 76.6 Å². The second-order valence-corrected chi connectivity index (χ2v) is 10.0. The standard InChI is InChI=1S/C15H19NO3.2C4H9.Al.H/c17-10-12-6-8-14(9-7-12)16-15(18)19-11-13-4-2-1-3-5-13;2*1-4(2)3;;/h1-5,10,12,14H,6-9,11H2,(H,16,18);2*4H,1H2,2-3H3;;/q;;;+1;-1. The van der Waals surface area contributed by atoms with Gasteiger partial charge in [-0.2, -0.15) is 0 Å². The Labute approximate surface area is 179 Å². The molecule has 4 nitrogen and oxygen atoms in total. The monoisotopic (exact) mass is 403 g/mol. The summed E-state index contributed by atoms with van der Waals surface area (Å²) in [6.07, 6.45) is 4.05. The molecule has 1 aliphatic carbocycles. The third-order valence-electron chi connectivity index (χ3n) is 4.78. The molecule has 1 saturated carbocycles. The molecule has 1 amide bonds. The summed E-state index contributed by atoms with van der Waals surface area (Å²) in [6, 6.07) is 9.73. The summed E-state index contributed by atoms with van der Waals surface area (Å²) in [7, 11) is 0. The number of rotatable bonds is 8. The zero-order valence-corrected chi connectivity index (χ0v) is 19.2. The van der Waals surface area contributed by atoms with Crippen molar-refractivity contribution in [1.82, 2.24) is 5.32 Å². The maximum Gasteiger partial charge on any atom is 0.407 e. The Morgan fingerprint density at radius 1 is 1.11 bits per heavy atom. The van der Waals surface area contributed by atoms with Crippen LogP contribution in [0.1, 0.15) is 60.4 Å². The Hall–Kier alpha value is -1.31. The fourth-order valence-electron chi connectivity index (χ4n) is 3.09. The van der Waals surface area contributed by atoms with Crippen LogP contribution in [0.5, 0.6) is 0 Å². The first kappa shape index (κ1) is 24.7. The Morgan fingerprint density at radius 3 is 2.18 bits per heavy atom. The SMILES string of the molecule is CC(C)[CH2][Al+][CH2]C(C)C.O=CC1CCC(NC(=O)OCc2ccccc2)CC1.[H-]. The van der Waals surface area contributed by atoms with E-state index in [1.807, 2.05) is 30.3 Å². The van der Waals surface area contributed by atoms with Crippen LogP contribution >= 0.6 is 0 Å². The van der Waals surface area contributed by atoms with Crippen LogP contribution in [0, 0.1) is 17.8 Å². The van der Waals surface area contributed by atoms with Crippen LogP contribution in [0.3, 0.4) is 0 Å². The third-order valence-corrected chi connectivity index (χ3v) is 7.33. The predicted molar refractivity (Wildman–Crippen MR) is 118 cm³/mol. The topological polar surface area (TPSA) is 55.4 Å². The molecule has 1 aliphatic rings. The van der Waals surface area contributed by atoms with Crippen LogP contribution in [0.2, 0.25) is 10.6 Å². The first-order valence-corrected chi connectivity index (χ1v) is 12.3. The molecule has 0 atom stereocenters. The largest absolute Gasteiger partial charge is 1.00 e. The molecule has 1 N–H and O–H groups in total. The van der Waals surface area contributed by atoms with Crippen molar-refractivity contribution in [3.63, 3.8) is 0 Å². The van der Waals surface area contributed by atoms with E-state index in [4.69, 9.17) is 4.74 Å². The van der Waals surface area contributed by atoms with Gasteiger partial charge in [-0.1, -0.05) is 30.3 Å². The van der Waals surface area contributed by atoms with Gasteiger partial charge in [0.15, 0.2) is 0 Å². The zero-order valence-electron chi connectivity index (χ0n) is 19.0. The van der Waals surface area contributed by atoms with Gasteiger partial charge in [0.1, 0.15) is 12.9 Å². The van der Waals surface area contributed by atoms with Crippen LogP contribution in [0.4, 0.5) is 4.79 Å². The van der Waals surface area contributed by atoms with Crippen LogP contribution < -0.4 is 5.32 Å². The minimum absolute atomic E-state index is 0. The molecule has 0 aromatic heterocycles. The van der Waals surface area contributed by atoms with Crippen LogP contribution in [-0.4, -0.2) is 33.6 Å². The summed E-state index contributed by atoms with van der Waals surface area (Å²) < 4.78 is 5.16. The molecule has 0 spiro atoms. The molecular formula is C23H38AlNO3. The van der Waals surface area contributed by atoms with E-state index >= 15 is 0 Å². The number of carbonyl (C=O) groups excluding carboxylic acids is 2. The van der Waals surface area contributed by atoms with Gasteiger partial charge >= 0.3 is 71.4 Å². The number of hydrogen-bond donors (Lipinski definition) is 1. The van der Waals surface area contributed by atoms with Crippen LogP contribution in [0.25, 0.3) is 0 Å². The zero-order chi connectivity index (χ0) is 20.8. The first-order valence-electron chi connectivity index (χ1n) is 10.6. The maximum absolute atomic E-state index is 11.6. The maximum atomic E-state index is 11.6.